The zero-order valence-corrected chi connectivity index (χ0v) is 11.8. The lowest BCUT2D eigenvalue weighted by molar-refractivity contribution is 0.0619. The first-order chi connectivity index (χ1) is 8.77. The Morgan fingerprint density at radius 1 is 1.44 bits per heavy atom. The van der Waals surface area contributed by atoms with Crippen LogP contribution in [0.2, 0.25) is 0 Å². The largest absolute Gasteiger partial charge is 0.332 e. The van der Waals surface area contributed by atoms with Gasteiger partial charge in [-0.15, -0.1) is 5.10 Å². The van der Waals surface area contributed by atoms with Crippen LogP contribution in [-0.2, 0) is 6.42 Å². The molecule has 1 amide bonds. The molecule has 2 rings (SSSR count). The van der Waals surface area contributed by atoms with E-state index in [1.165, 1.54) is 11.5 Å². The van der Waals surface area contributed by atoms with Gasteiger partial charge >= 0.3 is 0 Å². The van der Waals surface area contributed by atoms with Crippen LogP contribution in [0.4, 0.5) is 0 Å². The number of aromatic nitrogens is 2. The average molecular weight is 268 g/mol. The highest BCUT2D eigenvalue weighted by atomic mass is 32.1. The van der Waals surface area contributed by atoms with Crippen molar-refractivity contribution in [2.24, 2.45) is 0 Å². The Morgan fingerprint density at radius 2 is 2.22 bits per heavy atom. The van der Waals surface area contributed by atoms with Crippen molar-refractivity contribution >= 4 is 17.4 Å². The highest BCUT2D eigenvalue weighted by molar-refractivity contribution is 7.08. The smallest absolute Gasteiger partial charge is 0.267 e. The van der Waals surface area contributed by atoms with Crippen LogP contribution in [0.3, 0.4) is 0 Å². The summed E-state index contributed by atoms with van der Waals surface area (Å²) in [6.07, 6.45) is 2.81. The Bertz CT molecular complexity index is 403. The number of hydrogen-bond acceptors (Lipinski definition) is 5. The van der Waals surface area contributed by atoms with Crippen LogP contribution in [0.25, 0.3) is 0 Å². The minimum Gasteiger partial charge on any atom is -0.332 e. The molecule has 0 aromatic carbocycles. The molecule has 0 saturated carbocycles. The topological polar surface area (TPSA) is 58.1 Å². The summed E-state index contributed by atoms with van der Waals surface area (Å²) in [6, 6.07) is 0.342. The lowest BCUT2D eigenvalue weighted by Crippen LogP contribution is -2.59. The third-order valence-corrected chi connectivity index (χ3v) is 3.92. The van der Waals surface area contributed by atoms with Crippen LogP contribution in [0.15, 0.2) is 0 Å². The highest BCUT2D eigenvalue weighted by Crippen LogP contribution is 2.18. The molecule has 1 aliphatic heterocycles. The van der Waals surface area contributed by atoms with Gasteiger partial charge in [0.25, 0.3) is 5.91 Å². The van der Waals surface area contributed by atoms with Crippen molar-refractivity contribution < 1.29 is 4.79 Å². The summed E-state index contributed by atoms with van der Waals surface area (Å²) in [6.45, 7) is 6.81. The second-order valence-corrected chi connectivity index (χ2v) is 5.36. The quantitative estimate of drug-likeness (QED) is 0.845. The van der Waals surface area contributed by atoms with E-state index in [-0.39, 0.29) is 5.91 Å². The van der Waals surface area contributed by atoms with Crippen molar-refractivity contribution in [2.75, 3.05) is 19.6 Å². The molecule has 0 atom stereocenters. The van der Waals surface area contributed by atoms with Crippen molar-refractivity contribution in [3.63, 3.8) is 0 Å². The fourth-order valence-electron chi connectivity index (χ4n) is 2.09. The Morgan fingerprint density at radius 3 is 2.78 bits per heavy atom. The van der Waals surface area contributed by atoms with Crippen LogP contribution in [0.5, 0.6) is 0 Å². The lowest BCUT2D eigenvalue weighted by Gasteiger charge is -2.38. The number of aryl methyl sites for hydroxylation is 1. The van der Waals surface area contributed by atoms with Crippen LogP contribution < -0.4 is 5.32 Å². The molecule has 2 heterocycles. The van der Waals surface area contributed by atoms with Crippen molar-refractivity contribution in [3.8, 4) is 0 Å². The third-order valence-electron chi connectivity index (χ3n) is 3.16. The van der Waals surface area contributed by atoms with Gasteiger partial charge in [0.1, 0.15) is 4.88 Å². The maximum atomic E-state index is 12.6. The lowest BCUT2D eigenvalue weighted by atomic mass is 10.1. The van der Waals surface area contributed by atoms with E-state index < -0.39 is 0 Å². The van der Waals surface area contributed by atoms with Crippen molar-refractivity contribution in [1.29, 1.82) is 0 Å². The van der Waals surface area contributed by atoms with E-state index in [2.05, 4.69) is 28.8 Å². The van der Waals surface area contributed by atoms with Crippen molar-refractivity contribution in [2.45, 2.75) is 39.2 Å². The van der Waals surface area contributed by atoms with Gasteiger partial charge in [0.2, 0.25) is 0 Å². The van der Waals surface area contributed by atoms with Crippen LogP contribution in [-0.4, -0.2) is 46.1 Å². The molecule has 1 aromatic rings. The summed E-state index contributed by atoms with van der Waals surface area (Å²) in [5.41, 5.74) is 0.862. The third kappa shape index (κ3) is 2.70. The second-order valence-electron chi connectivity index (χ2n) is 4.61. The van der Waals surface area contributed by atoms with Gasteiger partial charge in [-0.25, -0.2) is 0 Å². The molecule has 1 aromatic heterocycles. The molecule has 1 saturated heterocycles. The Kier molecular flexibility index (Phi) is 4.66. The van der Waals surface area contributed by atoms with Gasteiger partial charge in [-0.1, -0.05) is 24.8 Å². The molecule has 100 valence electrons. The number of hydrogen-bond donors (Lipinski definition) is 1. The number of rotatable bonds is 6. The molecule has 0 aliphatic carbocycles. The molecule has 0 bridgehead atoms. The van der Waals surface area contributed by atoms with Crippen molar-refractivity contribution in [1.82, 2.24) is 19.8 Å². The molecule has 18 heavy (non-hydrogen) atoms. The fraction of sp³-hybridized carbons (Fsp3) is 0.750. The monoisotopic (exact) mass is 268 g/mol. The van der Waals surface area contributed by atoms with E-state index in [1.807, 2.05) is 4.90 Å². The van der Waals surface area contributed by atoms with Gasteiger partial charge in [-0.05, 0) is 24.4 Å². The highest BCUT2D eigenvalue weighted by Gasteiger charge is 2.30. The normalized spacial score (nSPS) is 15.4. The minimum atomic E-state index is 0.113. The van der Waals surface area contributed by atoms with E-state index in [0.717, 1.165) is 49.5 Å². The van der Waals surface area contributed by atoms with Crippen molar-refractivity contribution in [3.05, 3.63) is 10.6 Å². The summed E-state index contributed by atoms with van der Waals surface area (Å²) >= 11 is 1.23. The number of amides is 1. The summed E-state index contributed by atoms with van der Waals surface area (Å²) in [7, 11) is 0. The second kappa shape index (κ2) is 6.24. The SMILES string of the molecule is CCCc1nnsc1C(=O)N(CCC)C1CNC1. The minimum absolute atomic E-state index is 0.113. The van der Waals surface area contributed by atoms with Gasteiger partial charge in [-0.2, -0.15) is 0 Å². The molecular weight excluding hydrogens is 248 g/mol. The predicted octanol–water partition coefficient (Wildman–Crippen LogP) is 1.31. The molecular formula is C12H20N4OS. The zero-order chi connectivity index (χ0) is 13.0. The van der Waals surface area contributed by atoms with Gasteiger partial charge in [-0.3, -0.25) is 4.79 Å². The fourth-order valence-corrected chi connectivity index (χ4v) is 2.75. The zero-order valence-electron chi connectivity index (χ0n) is 11.0. The predicted molar refractivity (Wildman–Crippen MR) is 71.9 cm³/mol. The first kappa shape index (κ1) is 13.4. The molecule has 0 spiro atoms. The summed E-state index contributed by atoms with van der Waals surface area (Å²) in [5, 5.41) is 7.30. The van der Waals surface area contributed by atoms with Gasteiger partial charge in [0.15, 0.2) is 0 Å². The number of nitrogens with one attached hydrogen (secondary N) is 1. The van der Waals surface area contributed by atoms with E-state index in [0.29, 0.717) is 6.04 Å². The van der Waals surface area contributed by atoms with Crippen LogP contribution in [0.1, 0.15) is 42.1 Å². The summed E-state index contributed by atoms with van der Waals surface area (Å²) < 4.78 is 3.94. The van der Waals surface area contributed by atoms with E-state index in [4.69, 9.17) is 0 Å². The Labute approximate surface area is 112 Å². The average Bonchev–Trinajstić information content (AvgIpc) is 2.74. The van der Waals surface area contributed by atoms with Crippen LogP contribution in [0, 0.1) is 0 Å². The first-order valence-corrected chi connectivity index (χ1v) is 7.38. The molecule has 6 heteroatoms. The Balaban J connectivity index is 2.13. The number of nitrogens with zero attached hydrogens (tertiary/aromatic N) is 3. The summed E-state index contributed by atoms with van der Waals surface area (Å²) in [5.74, 6) is 0.113. The van der Waals surface area contributed by atoms with E-state index >= 15 is 0 Å². The molecule has 0 radical (unpaired) electrons. The molecule has 0 unspecified atom stereocenters. The first-order valence-electron chi connectivity index (χ1n) is 6.60. The van der Waals surface area contributed by atoms with Gasteiger partial charge in [0.05, 0.1) is 11.7 Å². The molecule has 1 fully saturated rings. The standard InChI is InChI=1S/C12H20N4OS/c1-3-5-10-11(18-15-14-10)12(17)16(6-4-2)9-7-13-8-9/h9,13H,3-8H2,1-2H3. The van der Waals surface area contributed by atoms with E-state index in [1.54, 1.807) is 0 Å². The molecule has 1 N–H and O–H groups in total. The van der Waals surface area contributed by atoms with Crippen LogP contribution >= 0.6 is 11.5 Å². The van der Waals surface area contributed by atoms with Gasteiger partial charge < -0.3 is 10.2 Å². The van der Waals surface area contributed by atoms with E-state index in [9.17, 15) is 4.79 Å². The molecule has 1 aliphatic rings. The summed E-state index contributed by atoms with van der Waals surface area (Å²) in [4.78, 5) is 15.3. The van der Waals surface area contributed by atoms with Gasteiger partial charge in [0, 0.05) is 19.6 Å². The maximum Gasteiger partial charge on any atom is 0.267 e. The Hall–Kier alpha value is -1.01. The maximum absolute atomic E-state index is 12.6. The number of carbonyl (C=O) groups excluding carboxylic acids is 1. The number of carbonyl (C=O) groups is 1. The molecule has 5 nitrogen and oxygen atoms in total.